The molecule has 2 N–H and O–H groups in total. The topological polar surface area (TPSA) is 113 Å². The van der Waals surface area contributed by atoms with Crippen LogP contribution in [0.2, 0.25) is 0 Å². The van der Waals surface area contributed by atoms with E-state index in [4.69, 9.17) is 14.6 Å². The molecule has 2 aromatic rings. The predicted molar refractivity (Wildman–Crippen MR) is 130 cm³/mol. The van der Waals surface area contributed by atoms with E-state index >= 15 is 0 Å². The zero-order valence-corrected chi connectivity index (χ0v) is 20.5. The SMILES string of the molecule is CC(C)Oc1ccc([C@@]2(c3cccc4c3CCCC4NCCS(C)(=O)=O)N=CON2)cc1C#N. The van der Waals surface area contributed by atoms with Crippen LogP contribution in [0, 0.1) is 11.3 Å². The molecule has 0 fully saturated rings. The third-order valence-electron chi connectivity index (χ3n) is 6.15. The molecule has 1 unspecified atom stereocenters. The number of benzene rings is 2. The molecule has 0 saturated heterocycles. The van der Waals surface area contributed by atoms with Crippen molar-refractivity contribution in [3.8, 4) is 11.8 Å². The van der Waals surface area contributed by atoms with E-state index in [1.165, 1.54) is 12.7 Å². The molecule has 1 aliphatic heterocycles. The average Bonchev–Trinajstić information content (AvgIpc) is 3.29. The van der Waals surface area contributed by atoms with Gasteiger partial charge in [-0.1, -0.05) is 24.3 Å². The van der Waals surface area contributed by atoms with Gasteiger partial charge in [-0.15, -0.1) is 5.48 Å². The average molecular weight is 483 g/mol. The summed E-state index contributed by atoms with van der Waals surface area (Å²) in [7, 11) is -3.03. The summed E-state index contributed by atoms with van der Waals surface area (Å²) in [4.78, 5) is 10.1. The molecule has 2 aliphatic rings. The predicted octanol–water partition coefficient (Wildman–Crippen LogP) is 3.12. The molecule has 0 spiro atoms. The Balaban J connectivity index is 1.73. The Kier molecular flexibility index (Phi) is 6.94. The number of aliphatic imine (C=N–C) groups is 1. The minimum Gasteiger partial charge on any atom is -0.490 e. The monoisotopic (exact) mass is 482 g/mol. The number of hydrogen-bond acceptors (Lipinski definition) is 8. The number of fused-ring (bicyclic) bond motifs is 1. The van der Waals surface area contributed by atoms with Gasteiger partial charge in [0.2, 0.25) is 0 Å². The zero-order chi connectivity index (χ0) is 24.3. The van der Waals surface area contributed by atoms with E-state index in [0.29, 0.717) is 17.9 Å². The van der Waals surface area contributed by atoms with Gasteiger partial charge in [0.15, 0.2) is 12.1 Å². The van der Waals surface area contributed by atoms with E-state index in [-0.39, 0.29) is 17.9 Å². The Morgan fingerprint density at radius 1 is 1.35 bits per heavy atom. The summed E-state index contributed by atoms with van der Waals surface area (Å²) in [5.41, 5.74) is 6.52. The number of nitrogens with one attached hydrogen (secondary N) is 2. The highest BCUT2D eigenvalue weighted by Gasteiger charge is 2.41. The van der Waals surface area contributed by atoms with Crippen LogP contribution in [0.1, 0.15) is 60.5 Å². The maximum atomic E-state index is 11.6. The molecule has 180 valence electrons. The maximum absolute atomic E-state index is 11.6. The number of nitrogens with zero attached hydrogens (tertiary/aromatic N) is 2. The number of sulfone groups is 1. The molecule has 0 aromatic heterocycles. The second-order valence-electron chi connectivity index (χ2n) is 9.06. The molecular formula is C25H30N4O4S. The summed E-state index contributed by atoms with van der Waals surface area (Å²) in [5, 5.41) is 13.2. The third kappa shape index (κ3) is 4.94. The summed E-state index contributed by atoms with van der Waals surface area (Å²) in [5.74, 6) is 0.633. The Morgan fingerprint density at radius 3 is 2.85 bits per heavy atom. The molecule has 1 heterocycles. The van der Waals surface area contributed by atoms with Crippen LogP contribution in [0.5, 0.6) is 5.75 Å². The second kappa shape index (κ2) is 9.74. The van der Waals surface area contributed by atoms with Crippen molar-refractivity contribution < 1.29 is 18.0 Å². The Bertz CT molecular complexity index is 1240. The fourth-order valence-corrected chi connectivity index (χ4v) is 5.16. The standard InChI is InChI=1S/C25H30N4O4S/c1-17(2)33-24-11-10-19(14-18(24)15-26)25(28-16-32-29-25)22-8-4-7-21-20(22)6-5-9-23(21)27-12-13-34(3,30)31/h4,7-8,10-11,14,16-17,23,27,29H,5-6,9,12-13H2,1-3H3/t23?,25-/m1/s1. The number of hydrogen-bond donors (Lipinski definition) is 2. The number of nitriles is 1. The highest BCUT2D eigenvalue weighted by atomic mass is 32.2. The van der Waals surface area contributed by atoms with Crippen molar-refractivity contribution in [1.29, 1.82) is 5.26 Å². The van der Waals surface area contributed by atoms with Gasteiger partial charge in [0.25, 0.3) is 0 Å². The molecule has 1 aliphatic carbocycles. The molecule has 4 rings (SSSR count). The van der Waals surface area contributed by atoms with Crippen molar-refractivity contribution in [1.82, 2.24) is 10.8 Å². The van der Waals surface area contributed by atoms with Crippen molar-refractivity contribution in [2.24, 2.45) is 4.99 Å². The summed E-state index contributed by atoms with van der Waals surface area (Å²) in [6.45, 7) is 4.24. The molecule has 8 nitrogen and oxygen atoms in total. The van der Waals surface area contributed by atoms with Crippen LogP contribution in [0.15, 0.2) is 41.4 Å². The van der Waals surface area contributed by atoms with Crippen molar-refractivity contribution in [2.45, 2.75) is 50.9 Å². The first-order valence-electron chi connectivity index (χ1n) is 11.4. The second-order valence-corrected chi connectivity index (χ2v) is 11.3. The van der Waals surface area contributed by atoms with E-state index < -0.39 is 15.5 Å². The zero-order valence-electron chi connectivity index (χ0n) is 19.7. The van der Waals surface area contributed by atoms with E-state index in [2.05, 4.69) is 22.9 Å². The summed E-state index contributed by atoms with van der Waals surface area (Å²) < 4.78 is 28.9. The number of rotatable bonds is 8. The van der Waals surface area contributed by atoms with Crippen molar-refractivity contribution >= 4 is 16.2 Å². The van der Waals surface area contributed by atoms with Gasteiger partial charge in [-0.3, -0.25) is 0 Å². The first-order valence-corrected chi connectivity index (χ1v) is 13.5. The molecule has 34 heavy (non-hydrogen) atoms. The van der Waals surface area contributed by atoms with Gasteiger partial charge in [-0.05, 0) is 56.4 Å². The van der Waals surface area contributed by atoms with Crippen LogP contribution in [0.25, 0.3) is 0 Å². The summed E-state index contributed by atoms with van der Waals surface area (Å²) >= 11 is 0. The van der Waals surface area contributed by atoms with Crippen LogP contribution >= 0.6 is 0 Å². The Labute approximate surface area is 200 Å². The normalized spacial score (nSPS) is 21.7. The van der Waals surface area contributed by atoms with Crippen LogP contribution in [-0.4, -0.2) is 39.5 Å². The Morgan fingerprint density at radius 2 is 2.18 bits per heavy atom. The minimum absolute atomic E-state index is 0.0499. The third-order valence-corrected chi connectivity index (χ3v) is 7.09. The fraction of sp³-hybridized carbons (Fsp3) is 0.440. The highest BCUT2D eigenvalue weighted by molar-refractivity contribution is 7.90. The molecule has 0 radical (unpaired) electrons. The Hall–Kier alpha value is -2.93. The smallest absolute Gasteiger partial charge is 0.199 e. The van der Waals surface area contributed by atoms with Gasteiger partial charge in [-0.2, -0.15) is 5.26 Å². The van der Waals surface area contributed by atoms with Crippen molar-refractivity contribution in [2.75, 3.05) is 18.6 Å². The summed E-state index contributed by atoms with van der Waals surface area (Å²) in [6, 6.07) is 13.9. The lowest BCUT2D eigenvalue weighted by molar-refractivity contribution is 0.146. The largest absolute Gasteiger partial charge is 0.490 e. The van der Waals surface area contributed by atoms with Gasteiger partial charge >= 0.3 is 0 Å². The first-order chi connectivity index (χ1) is 16.2. The molecule has 0 amide bonds. The number of ether oxygens (including phenoxy) is 1. The molecule has 0 bridgehead atoms. The molecule has 2 aromatic carbocycles. The highest BCUT2D eigenvalue weighted by Crippen LogP contribution is 2.41. The van der Waals surface area contributed by atoms with Crippen LogP contribution in [-0.2, 0) is 26.8 Å². The van der Waals surface area contributed by atoms with E-state index in [0.717, 1.165) is 41.5 Å². The van der Waals surface area contributed by atoms with Gasteiger partial charge in [0.05, 0.1) is 17.4 Å². The van der Waals surface area contributed by atoms with Crippen LogP contribution < -0.4 is 15.5 Å². The lowest BCUT2D eigenvalue weighted by atomic mass is 9.79. The van der Waals surface area contributed by atoms with E-state index in [1.54, 1.807) is 12.1 Å². The molecular weight excluding hydrogens is 452 g/mol. The van der Waals surface area contributed by atoms with Gasteiger partial charge < -0.3 is 14.9 Å². The lowest BCUT2D eigenvalue weighted by Crippen LogP contribution is -2.39. The number of hydroxylamine groups is 1. The lowest BCUT2D eigenvalue weighted by Gasteiger charge is -2.34. The summed E-state index contributed by atoms with van der Waals surface area (Å²) in [6.07, 6.45) is 5.35. The maximum Gasteiger partial charge on any atom is 0.199 e. The molecule has 2 atom stereocenters. The first kappa shape index (κ1) is 24.2. The van der Waals surface area contributed by atoms with Gasteiger partial charge in [-0.25, -0.2) is 13.4 Å². The molecule has 9 heteroatoms. The minimum atomic E-state index is -3.03. The van der Waals surface area contributed by atoms with Crippen molar-refractivity contribution in [3.63, 3.8) is 0 Å². The van der Waals surface area contributed by atoms with Gasteiger partial charge in [0.1, 0.15) is 21.7 Å². The van der Waals surface area contributed by atoms with Crippen LogP contribution in [0.3, 0.4) is 0 Å². The van der Waals surface area contributed by atoms with E-state index in [9.17, 15) is 13.7 Å². The molecule has 0 saturated carbocycles. The van der Waals surface area contributed by atoms with Crippen molar-refractivity contribution in [3.05, 3.63) is 64.2 Å². The quantitative estimate of drug-likeness (QED) is 0.594. The fourth-order valence-electron chi connectivity index (χ4n) is 4.67. The van der Waals surface area contributed by atoms with Crippen LogP contribution in [0.4, 0.5) is 0 Å². The van der Waals surface area contributed by atoms with E-state index in [1.807, 2.05) is 32.0 Å². The van der Waals surface area contributed by atoms with Gasteiger partial charge in [0, 0.05) is 30.0 Å².